The molecule has 0 unspecified atom stereocenters. The van der Waals surface area contributed by atoms with Gasteiger partial charge in [0.2, 0.25) is 5.89 Å². The lowest BCUT2D eigenvalue weighted by atomic mass is 10.4. The third-order valence-corrected chi connectivity index (χ3v) is 2.25. The highest BCUT2D eigenvalue weighted by Crippen LogP contribution is 1.96. The Balaban J connectivity index is 0.00000361. The lowest BCUT2D eigenvalue weighted by molar-refractivity contribution is 0.145. The molecule has 0 aromatic carbocycles. The molecule has 0 amide bonds. The van der Waals surface area contributed by atoms with Gasteiger partial charge in [-0.05, 0) is 20.3 Å². The first kappa shape index (κ1) is 19.1. The third-order valence-electron chi connectivity index (χ3n) is 2.25. The second-order valence-corrected chi connectivity index (χ2v) is 3.90. The van der Waals surface area contributed by atoms with Gasteiger partial charge in [0.05, 0.1) is 0 Å². The number of rotatable bonds is 8. The van der Waals surface area contributed by atoms with Gasteiger partial charge in [-0.3, -0.25) is 0 Å². The maximum absolute atomic E-state index is 5.27. The number of halogens is 1. The van der Waals surface area contributed by atoms with Crippen molar-refractivity contribution < 1.29 is 9.26 Å². The zero-order chi connectivity index (χ0) is 13.9. The van der Waals surface area contributed by atoms with Crippen molar-refractivity contribution in [2.45, 2.75) is 33.7 Å². The largest absolute Gasteiger partial charge is 0.382 e. The standard InChI is InChI=1S/C12H23N5O2.HI/c1-4-13-12(14-7-6-8-18-5-2)15-9-11-16-10(3)19-17-11;/h4-9H2,1-3H3,(H2,13,14,15);1H. The fourth-order valence-corrected chi connectivity index (χ4v) is 1.42. The number of aliphatic imine (C=N–C) groups is 1. The summed E-state index contributed by atoms with van der Waals surface area (Å²) in [6.45, 7) is 9.31. The lowest BCUT2D eigenvalue weighted by Crippen LogP contribution is -2.38. The van der Waals surface area contributed by atoms with Crippen molar-refractivity contribution in [1.29, 1.82) is 0 Å². The van der Waals surface area contributed by atoms with Crippen LogP contribution < -0.4 is 10.6 Å². The summed E-state index contributed by atoms with van der Waals surface area (Å²) < 4.78 is 10.2. The van der Waals surface area contributed by atoms with Gasteiger partial charge in [-0.15, -0.1) is 24.0 Å². The average molecular weight is 397 g/mol. The Hall–Kier alpha value is -0.900. The highest BCUT2D eigenvalue weighted by molar-refractivity contribution is 14.0. The van der Waals surface area contributed by atoms with E-state index >= 15 is 0 Å². The fraction of sp³-hybridized carbons (Fsp3) is 0.750. The van der Waals surface area contributed by atoms with Crippen LogP contribution in [-0.2, 0) is 11.3 Å². The number of ether oxygens (including phenoxy) is 1. The highest BCUT2D eigenvalue weighted by Gasteiger charge is 2.02. The topological polar surface area (TPSA) is 84.6 Å². The van der Waals surface area contributed by atoms with Gasteiger partial charge < -0.3 is 19.9 Å². The number of aryl methyl sites for hydroxylation is 1. The summed E-state index contributed by atoms with van der Waals surface area (Å²) in [5, 5.41) is 10.2. The number of nitrogens with one attached hydrogen (secondary N) is 2. The van der Waals surface area contributed by atoms with Crippen molar-refractivity contribution in [2.24, 2.45) is 4.99 Å². The molecule has 0 saturated heterocycles. The van der Waals surface area contributed by atoms with Crippen LogP contribution in [0.1, 0.15) is 32.0 Å². The Morgan fingerprint density at radius 1 is 1.35 bits per heavy atom. The summed E-state index contributed by atoms with van der Waals surface area (Å²) in [6, 6.07) is 0. The van der Waals surface area contributed by atoms with Gasteiger partial charge in [-0.2, -0.15) is 4.98 Å². The summed E-state index contributed by atoms with van der Waals surface area (Å²) in [5.74, 6) is 1.89. The smallest absolute Gasteiger partial charge is 0.223 e. The zero-order valence-corrected chi connectivity index (χ0v) is 14.6. The number of hydrogen-bond acceptors (Lipinski definition) is 5. The van der Waals surface area contributed by atoms with Gasteiger partial charge in [0.1, 0.15) is 6.54 Å². The summed E-state index contributed by atoms with van der Waals surface area (Å²) in [6.07, 6.45) is 0.944. The normalized spacial score (nSPS) is 11.1. The van der Waals surface area contributed by atoms with Crippen molar-refractivity contribution in [3.63, 3.8) is 0 Å². The first-order valence-electron chi connectivity index (χ1n) is 6.65. The van der Waals surface area contributed by atoms with E-state index in [9.17, 15) is 0 Å². The number of nitrogens with zero attached hydrogens (tertiary/aromatic N) is 3. The lowest BCUT2D eigenvalue weighted by Gasteiger charge is -2.10. The van der Waals surface area contributed by atoms with Gasteiger partial charge >= 0.3 is 0 Å². The van der Waals surface area contributed by atoms with Gasteiger partial charge in [-0.25, -0.2) is 4.99 Å². The van der Waals surface area contributed by atoms with E-state index in [2.05, 4.69) is 25.8 Å². The van der Waals surface area contributed by atoms with Crippen molar-refractivity contribution in [3.05, 3.63) is 11.7 Å². The van der Waals surface area contributed by atoms with E-state index < -0.39 is 0 Å². The van der Waals surface area contributed by atoms with E-state index in [1.807, 2.05) is 13.8 Å². The Kier molecular flexibility index (Phi) is 11.4. The molecular formula is C12H24IN5O2. The van der Waals surface area contributed by atoms with E-state index in [-0.39, 0.29) is 24.0 Å². The number of aromatic nitrogens is 2. The summed E-state index contributed by atoms with van der Waals surface area (Å²) >= 11 is 0. The minimum absolute atomic E-state index is 0. The van der Waals surface area contributed by atoms with E-state index in [1.165, 1.54) is 0 Å². The van der Waals surface area contributed by atoms with E-state index in [0.29, 0.717) is 18.3 Å². The van der Waals surface area contributed by atoms with E-state index in [0.717, 1.165) is 38.7 Å². The quantitative estimate of drug-likeness (QED) is 0.299. The molecule has 7 nitrogen and oxygen atoms in total. The first-order valence-corrected chi connectivity index (χ1v) is 6.65. The minimum Gasteiger partial charge on any atom is -0.382 e. The van der Waals surface area contributed by atoms with Crippen LogP contribution in [-0.4, -0.2) is 42.4 Å². The Bertz CT molecular complexity index is 384. The molecular weight excluding hydrogens is 373 g/mol. The van der Waals surface area contributed by atoms with Gasteiger partial charge in [0.15, 0.2) is 11.8 Å². The molecule has 0 radical (unpaired) electrons. The molecule has 0 saturated carbocycles. The average Bonchev–Trinajstić information content (AvgIpc) is 2.81. The van der Waals surface area contributed by atoms with E-state index in [4.69, 9.17) is 9.26 Å². The highest BCUT2D eigenvalue weighted by atomic mass is 127. The molecule has 0 aliphatic rings. The molecule has 0 bridgehead atoms. The predicted molar refractivity (Wildman–Crippen MR) is 88.4 cm³/mol. The van der Waals surface area contributed by atoms with E-state index in [1.54, 1.807) is 6.92 Å². The molecule has 0 aliphatic heterocycles. The molecule has 0 spiro atoms. The molecule has 0 aliphatic carbocycles. The van der Waals surface area contributed by atoms with Crippen LogP contribution >= 0.6 is 24.0 Å². The Labute approximate surface area is 137 Å². The van der Waals surface area contributed by atoms with Crippen LogP contribution in [0.4, 0.5) is 0 Å². The summed E-state index contributed by atoms with van der Waals surface area (Å²) in [7, 11) is 0. The first-order chi connectivity index (χ1) is 9.26. The SMILES string of the molecule is CCNC(=NCc1noc(C)n1)NCCCOCC.I. The van der Waals surface area contributed by atoms with Crippen molar-refractivity contribution in [1.82, 2.24) is 20.8 Å². The minimum atomic E-state index is 0. The molecule has 116 valence electrons. The van der Waals surface area contributed by atoms with Gasteiger partial charge in [0, 0.05) is 33.2 Å². The zero-order valence-electron chi connectivity index (χ0n) is 12.3. The summed E-state index contributed by atoms with van der Waals surface area (Å²) in [5.41, 5.74) is 0. The Morgan fingerprint density at radius 2 is 2.15 bits per heavy atom. The maximum Gasteiger partial charge on any atom is 0.223 e. The van der Waals surface area contributed by atoms with Crippen LogP contribution in [0, 0.1) is 6.92 Å². The van der Waals surface area contributed by atoms with Gasteiger partial charge in [-0.1, -0.05) is 5.16 Å². The molecule has 8 heteroatoms. The molecule has 0 atom stereocenters. The van der Waals surface area contributed by atoms with Crippen molar-refractivity contribution in [3.8, 4) is 0 Å². The molecule has 1 rings (SSSR count). The van der Waals surface area contributed by atoms with Crippen molar-refractivity contribution in [2.75, 3.05) is 26.3 Å². The van der Waals surface area contributed by atoms with Crippen LogP contribution in [0.3, 0.4) is 0 Å². The second-order valence-electron chi connectivity index (χ2n) is 3.90. The fourth-order valence-electron chi connectivity index (χ4n) is 1.42. The molecule has 20 heavy (non-hydrogen) atoms. The van der Waals surface area contributed by atoms with Crippen LogP contribution in [0.15, 0.2) is 9.52 Å². The van der Waals surface area contributed by atoms with Gasteiger partial charge in [0.25, 0.3) is 0 Å². The summed E-state index contributed by atoms with van der Waals surface area (Å²) in [4.78, 5) is 8.49. The van der Waals surface area contributed by atoms with Crippen molar-refractivity contribution >= 4 is 29.9 Å². The molecule has 1 aromatic heterocycles. The number of guanidine groups is 1. The molecule has 2 N–H and O–H groups in total. The number of hydrogen-bond donors (Lipinski definition) is 2. The molecule has 1 heterocycles. The predicted octanol–water partition coefficient (Wildman–Crippen LogP) is 1.48. The third kappa shape index (κ3) is 8.31. The van der Waals surface area contributed by atoms with Crippen LogP contribution in [0.25, 0.3) is 0 Å². The second kappa shape index (κ2) is 11.9. The monoisotopic (exact) mass is 397 g/mol. The maximum atomic E-state index is 5.27. The molecule has 0 fully saturated rings. The van der Waals surface area contributed by atoms with Crippen LogP contribution in [0.5, 0.6) is 0 Å². The molecule has 1 aromatic rings. The van der Waals surface area contributed by atoms with Crippen LogP contribution in [0.2, 0.25) is 0 Å². The Morgan fingerprint density at radius 3 is 2.75 bits per heavy atom.